The lowest BCUT2D eigenvalue weighted by Gasteiger charge is -2.33. The molecule has 2 aliphatic heterocycles. The van der Waals surface area contributed by atoms with Gasteiger partial charge in [0.25, 0.3) is 0 Å². The molecule has 1 amide bonds. The van der Waals surface area contributed by atoms with Crippen molar-refractivity contribution in [2.45, 2.75) is 69.5 Å². The van der Waals surface area contributed by atoms with Gasteiger partial charge in [0.2, 0.25) is 5.91 Å². The first-order chi connectivity index (χ1) is 9.52. The summed E-state index contributed by atoms with van der Waals surface area (Å²) in [5.41, 5.74) is -1.01. The number of nitrogens with zero attached hydrogens (tertiary/aromatic N) is 1. The van der Waals surface area contributed by atoms with Gasteiger partial charge in [0, 0.05) is 12.6 Å². The molecule has 112 valence electrons. The fraction of sp³-hybridized carbons (Fsp3) is 0.867. The Morgan fingerprint density at radius 3 is 2.70 bits per heavy atom. The monoisotopic (exact) mass is 280 g/mol. The van der Waals surface area contributed by atoms with Gasteiger partial charge in [0.1, 0.15) is 5.54 Å². The lowest BCUT2D eigenvalue weighted by atomic mass is 9.85. The highest BCUT2D eigenvalue weighted by Gasteiger charge is 2.49. The summed E-state index contributed by atoms with van der Waals surface area (Å²) in [7, 11) is 0. The minimum atomic E-state index is -1.01. The Morgan fingerprint density at radius 2 is 2.00 bits per heavy atom. The topological polar surface area (TPSA) is 69.6 Å². The smallest absolute Gasteiger partial charge is 0.329 e. The van der Waals surface area contributed by atoms with Gasteiger partial charge in [-0.05, 0) is 44.9 Å². The van der Waals surface area contributed by atoms with E-state index in [1.54, 1.807) is 11.8 Å². The van der Waals surface area contributed by atoms with Crippen molar-refractivity contribution in [3.05, 3.63) is 0 Å². The van der Waals surface area contributed by atoms with Crippen LogP contribution in [0.4, 0.5) is 0 Å². The summed E-state index contributed by atoms with van der Waals surface area (Å²) in [6, 6.07) is 0.302. The molecule has 5 nitrogen and oxygen atoms in total. The number of carbonyl (C=O) groups is 2. The van der Waals surface area contributed by atoms with Crippen LogP contribution in [-0.4, -0.2) is 46.1 Å². The van der Waals surface area contributed by atoms with Crippen LogP contribution >= 0.6 is 0 Å². The molecule has 3 fully saturated rings. The lowest BCUT2D eigenvalue weighted by Crippen LogP contribution is -2.55. The minimum Gasteiger partial charge on any atom is -0.480 e. The van der Waals surface area contributed by atoms with Crippen molar-refractivity contribution in [2.75, 3.05) is 6.54 Å². The van der Waals surface area contributed by atoms with Crippen molar-refractivity contribution in [1.82, 2.24) is 10.2 Å². The summed E-state index contributed by atoms with van der Waals surface area (Å²) >= 11 is 0. The maximum atomic E-state index is 12.7. The van der Waals surface area contributed by atoms with Gasteiger partial charge in [0.05, 0.1) is 6.04 Å². The van der Waals surface area contributed by atoms with E-state index in [0.717, 1.165) is 19.3 Å². The predicted molar refractivity (Wildman–Crippen MR) is 74.3 cm³/mol. The molecule has 4 unspecified atom stereocenters. The van der Waals surface area contributed by atoms with Crippen LogP contribution in [0.15, 0.2) is 0 Å². The summed E-state index contributed by atoms with van der Waals surface area (Å²) in [5.74, 6) is -0.267. The molecule has 2 N–H and O–H groups in total. The second kappa shape index (κ2) is 5.02. The second-order valence-electron chi connectivity index (χ2n) is 6.78. The SMILES string of the molecule is CC1(C(=O)O)CCCN1C(=O)C1CC2CCCCC2N1. The molecule has 3 aliphatic rings. The number of aliphatic carboxylic acids is 1. The highest BCUT2D eigenvalue weighted by Crippen LogP contribution is 2.36. The molecule has 0 aromatic carbocycles. The number of carboxylic acids is 1. The molecular weight excluding hydrogens is 256 g/mol. The van der Waals surface area contributed by atoms with E-state index in [0.29, 0.717) is 24.9 Å². The first-order valence-corrected chi connectivity index (χ1v) is 7.83. The molecule has 0 aromatic heterocycles. The van der Waals surface area contributed by atoms with Gasteiger partial charge in [-0.3, -0.25) is 4.79 Å². The molecule has 0 radical (unpaired) electrons. The molecule has 0 aromatic rings. The largest absolute Gasteiger partial charge is 0.480 e. The fourth-order valence-electron chi connectivity index (χ4n) is 4.24. The van der Waals surface area contributed by atoms with Crippen molar-refractivity contribution in [3.8, 4) is 0 Å². The van der Waals surface area contributed by atoms with Crippen LogP contribution in [0.1, 0.15) is 51.9 Å². The molecule has 0 spiro atoms. The van der Waals surface area contributed by atoms with Crippen molar-refractivity contribution in [2.24, 2.45) is 5.92 Å². The van der Waals surface area contributed by atoms with E-state index in [2.05, 4.69) is 5.32 Å². The third-order valence-electron chi connectivity index (χ3n) is 5.53. The summed E-state index contributed by atoms with van der Waals surface area (Å²) < 4.78 is 0. The molecule has 4 atom stereocenters. The maximum absolute atomic E-state index is 12.7. The summed E-state index contributed by atoms with van der Waals surface area (Å²) in [5, 5.41) is 12.9. The Balaban J connectivity index is 1.71. The fourth-order valence-corrected chi connectivity index (χ4v) is 4.24. The van der Waals surface area contributed by atoms with Gasteiger partial charge in [-0.15, -0.1) is 0 Å². The average Bonchev–Trinajstić information content (AvgIpc) is 3.02. The minimum absolute atomic E-state index is 0.00167. The van der Waals surface area contributed by atoms with E-state index in [4.69, 9.17) is 0 Å². The first kappa shape index (κ1) is 13.9. The van der Waals surface area contributed by atoms with E-state index in [1.807, 2.05) is 0 Å². The predicted octanol–water partition coefficient (Wildman–Crippen LogP) is 1.37. The zero-order valence-corrected chi connectivity index (χ0v) is 12.1. The molecule has 5 heteroatoms. The molecular formula is C15H24N2O3. The van der Waals surface area contributed by atoms with Gasteiger partial charge in [0.15, 0.2) is 0 Å². The van der Waals surface area contributed by atoms with Gasteiger partial charge in [-0.1, -0.05) is 12.8 Å². The van der Waals surface area contributed by atoms with Crippen molar-refractivity contribution < 1.29 is 14.7 Å². The Kier molecular flexibility index (Phi) is 3.48. The summed E-state index contributed by atoms with van der Waals surface area (Å²) in [4.78, 5) is 25.8. The van der Waals surface area contributed by atoms with E-state index < -0.39 is 11.5 Å². The third kappa shape index (κ3) is 2.12. The summed E-state index contributed by atoms with van der Waals surface area (Å²) in [6.07, 6.45) is 7.10. The normalized spacial score (nSPS) is 40.6. The number of carbonyl (C=O) groups excluding carboxylic acids is 1. The zero-order valence-electron chi connectivity index (χ0n) is 12.1. The number of rotatable bonds is 2. The Bertz CT molecular complexity index is 411. The van der Waals surface area contributed by atoms with Crippen LogP contribution in [0, 0.1) is 5.92 Å². The van der Waals surface area contributed by atoms with E-state index in [1.165, 1.54) is 19.3 Å². The van der Waals surface area contributed by atoms with Crippen LogP contribution < -0.4 is 5.32 Å². The van der Waals surface area contributed by atoms with Crippen molar-refractivity contribution in [3.63, 3.8) is 0 Å². The van der Waals surface area contributed by atoms with Crippen LogP contribution in [-0.2, 0) is 9.59 Å². The molecule has 1 aliphatic carbocycles. The van der Waals surface area contributed by atoms with Gasteiger partial charge < -0.3 is 15.3 Å². The van der Waals surface area contributed by atoms with E-state index in [9.17, 15) is 14.7 Å². The van der Waals surface area contributed by atoms with Crippen LogP contribution in [0.25, 0.3) is 0 Å². The number of nitrogens with one attached hydrogen (secondary N) is 1. The number of hydrogen-bond donors (Lipinski definition) is 2. The number of likely N-dealkylation sites (tertiary alicyclic amines) is 1. The molecule has 1 saturated carbocycles. The van der Waals surface area contributed by atoms with Gasteiger partial charge >= 0.3 is 5.97 Å². The third-order valence-corrected chi connectivity index (χ3v) is 5.53. The highest BCUT2D eigenvalue weighted by atomic mass is 16.4. The van der Waals surface area contributed by atoms with Crippen LogP contribution in [0.2, 0.25) is 0 Å². The number of amides is 1. The summed E-state index contributed by atoms with van der Waals surface area (Å²) in [6.45, 7) is 2.26. The number of fused-ring (bicyclic) bond motifs is 1. The first-order valence-electron chi connectivity index (χ1n) is 7.83. The molecule has 2 heterocycles. The molecule has 3 rings (SSSR count). The number of carboxylic acid groups (broad SMARTS) is 1. The molecule has 20 heavy (non-hydrogen) atoms. The van der Waals surface area contributed by atoms with Gasteiger partial charge in [-0.25, -0.2) is 4.79 Å². The Labute approximate surface area is 119 Å². The average molecular weight is 280 g/mol. The van der Waals surface area contributed by atoms with Crippen LogP contribution in [0.3, 0.4) is 0 Å². The van der Waals surface area contributed by atoms with E-state index >= 15 is 0 Å². The zero-order chi connectivity index (χ0) is 14.3. The second-order valence-corrected chi connectivity index (χ2v) is 6.78. The van der Waals surface area contributed by atoms with E-state index in [-0.39, 0.29) is 11.9 Å². The van der Waals surface area contributed by atoms with Crippen molar-refractivity contribution in [1.29, 1.82) is 0 Å². The van der Waals surface area contributed by atoms with Crippen molar-refractivity contribution >= 4 is 11.9 Å². The molecule has 2 saturated heterocycles. The highest BCUT2D eigenvalue weighted by molar-refractivity contribution is 5.90. The Hall–Kier alpha value is -1.10. The standard InChI is InChI=1S/C15H24N2O3/c1-15(14(19)20)7-4-8-17(15)13(18)12-9-10-5-2-3-6-11(10)16-12/h10-12,16H,2-9H2,1H3,(H,19,20). The number of hydrogen-bond acceptors (Lipinski definition) is 3. The van der Waals surface area contributed by atoms with Crippen LogP contribution in [0.5, 0.6) is 0 Å². The van der Waals surface area contributed by atoms with Gasteiger partial charge in [-0.2, -0.15) is 0 Å². The quantitative estimate of drug-likeness (QED) is 0.801. The maximum Gasteiger partial charge on any atom is 0.329 e. The lowest BCUT2D eigenvalue weighted by molar-refractivity contribution is -0.156. The Morgan fingerprint density at radius 1 is 1.25 bits per heavy atom. The molecule has 0 bridgehead atoms.